The van der Waals surface area contributed by atoms with E-state index in [2.05, 4.69) is 37.8 Å². The van der Waals surface area contributed by atoms with Crippen LogP contribution in [0.5, 0.6) is 17.2 Å². The van der Waals surface area contributed by atoms with Gasteiger partial charge in [0.05, 0.1) is 0 Å². The maximum Gasteiger partial charge on any atom is 0.150 e. The molecular formula is C30H32ClNO3. The molecule has 182 valence electrons. The van der Waals surface area contributed by atoms with Gasteiger partial charge in [-0.05, 0) is 91.9 Å². The predicted octanol–water partition coefficient (Wildman–Crippen LogP) is 7.22. The second-order valence-corrected chi connectivity index (χ2v) is 10.3. The summed E-state index contributed by atoms with van der Waals surface area (Å²) in [5, 5.41) is 10.8. The summed E-state index contributed by atoms with van der Waals surface area (Å²) in [7, 11) is 0. The van der Waals surface area contributed by atoms with Crippen molar-refractivity contribution >= 4 is 22.7 Å². The van der Waals surface area contributed by atoms with Gasteiger partial charge in [-0.2, -0.15) is 0 Å². The average Bonchev–Trinajstić information content (AvgIpc) is 3.30. The summed E-state index contributed by atoms with van der Waals surface area (Å²) in [6.45, 7) is 9.62. The highest BCUT2D eigenvalue weighted by Crippen LogP contribution is 2.47. The fourth-order valence-corrected chi connectivity index (χ4v) is 5.23. The molecule has 0 amide bonds. The third-order valence-corrected chi connectivity index (χ3v) is 7.44. The van der Waals surface area contributed by atoms with Crippen molar-refractivity contribution in [2.24, 2.45) is 5.92 Å². The fraction of sp³-hybridized carbons (Fsp3) is 0.333. The summed E-state index contributed by atoms with van der Waals surface area (Å²) in [5.41, 5.74) is 5.12. The van der Waals surface area contributed by atoms with Crippen molar-refractivity contribution in [1.29, 1.82) is 0 Å². The van der Waals surface area contributed by atoms with Crippen molar-refractivity contribution in [3.63, 3.8) is 0 Å². The molecule has 5 heteroatoms. The Bertz CT molecular complexity index is 1220. The molecule has 4 nitrogen and oxygen atoms in total. The lowest BCUT2D eigenvalue weighted by molar-refractivity contribution is 0.169. The zero-order chi connectivity index (χ0) is 24.5. The first kappa shape index (κ1) is 23.8. The van der Waals surface area contributed by atoms with E-state index in [4.69, 9.17) is 21.1 Å². The second-order valence-electron chi connectivity index (χ2n) is 9.84. The van der Waals surface area contributed by atoms with Crippen LogP contribution in [0, 0.1) is 5.92 Å². The lowest BCUT2D eigenvalue weighted by Crippen LogP contribution is -2.35. The summed E-state index contributed by atoms with van der Waals surface area (Å²) >= 11 is 6.16. The first-order chi connectivity index (χ1) is 16.9. The number of nitrogens with zero attached hydrogens (tertiary/aromatic N) is 1. The number of allylic oxidation sites excluding steroid dienone is 1. The third-order valence-electron chi connectivity index (χ3n) is 7.19. The first-order valence-corrected chi connectivity index (χ1v) is 12.7. The summed E-state index contributed by atoms with van der Waals surface area (Å²) in [6, 6.07) is 21.7. The molecule has 0 radical (unpaired) electrons. The normalized spacial score (nSPS) is 20.9. The largest absolute Gasteiger partial charge is 0.508 e. The third kappa shape index (κ3) is 5.05. The number of hydrogen-bond acceptors (Lipinski definition) is 4. The monoisotopic (exact) mass is 489 g/mol. The summed E-state index contributed by atoms with van der Waals surface area (Å²) < 4.78 is 12.6. The van der Waals surface area contributed by atoms with Crippen molar-refractivity contribution in [2.45, 2.75) is 39.3 Å². The molecule has 2 aliphatic rings. The molecule has 0 bridgehead atoms. The minimum absolute atomic E-state index is 0.222. The first-order valence-electron chi connectivity index (χ1n) is 12.3. The van der Waals surface area contributed by atoms with Gasteiger partial charge in [-0.25, -0.2) is 0 Å². The van der Waals surface area contributed by atoms with E-state index in [1.54, 1.807) is 12.1 Å². The van der Waals surface area contributed by atoms with Crippen molar-refractivity contribution in [2.75, 3.05) is 19.7 Å². The number of halogens is 1. The van der Waals surface area contributed by atoms with Crippen molar-refractivity contribution < 1.29 is 14.6 Å². The smallest absolute Gasteiger partial charge is 0.150 e. The summed E-state index contributed by atoms with van der Waals surface area (Å²) in [4.78, 5) is 2.51. The van der Waals surface area contributed by atoms with Crippen LogP contribution in [0.1, 0.15) is 50.0 Å². The van der Waals surface area contributed by atoms with Crippen LogP contribution >= 0.6 is 11.6 Å². The fourth-order valence-electron chi connectivity index (χ4n) is 5.10. The Morgan fingerprint density at radius 1 is 1.09 bits per heavy atom. The number of benzene rings is 3. The highest BCUT2D eigenvalue weighted by Gasteiger charge is 2.29. The molecule has 1 fully saturated rings. The van der Waals surface area contributed by atoms with Gasteiger partial charge in [0.15, 0.2) is 0 Å². The number of ether oxygens (including phenoxy) is 2. The Hall–Kier alpha value is -2.95. The van der Waals surface area contributed by atoms with E-state index in [1.165, 1.54) is 6.42 Å². The van der Waals surface area contributed by atoms with Crippen LogP contribution in [0.25, 0.3) is 11.1 Å². The van der Waals surface area contributed by atoms with E-state index >= 15 is 0 Å². The van der Waals surface area contributed by atoms with E-state index in [-0.39, 0.29) is 11.9 Å². The maximum atomic E-state index is 10.1. The van der Waals surface area contributed by atoms with Crippen LogP contribution in [0.2, 0.25) is 5.02 Å². The molecule has 2 heterocycles. The Kier molecular flexibility index (Phi) is 6.77. The molecule has 0 aromatic heterocycles. The van der Waals surface area contributed by atoms with E-state index < -0.39 is 0 Å². The molecule has 5 rings (SSSR count). The van der Waals surface area contributed by atoms with Gasteiger partial charge in [-0.3, -0.25) is 4.90 Å². The highest BCUT2D eigenvalue weighted by molar-refractivity contribution is 6.30. The number of phenols is 1. The molecule has 3 aromatic rings. The Labute approximate surface area is 212 Å². The van der Waals surface area contributed by atoms with Crippen LogP contribution in [-0.2, 0) is 0 Å². The average molecular weight is 490 g/mol. The molecule has 2 aliphatic heterocycles. The zero-order valence-electron chi connectivity index (χ0n) is 20.5. The molecule has 35 heavy (non-hydrogen) atoms. The Balaban J connectivity index is 1.40. The number of fused-ring (bicyclic) bond motifs is 1. The Morgan fingerprint density at radius 2 is 1.83 bits per heavy atom. The minimum atomic E-state index is -0.285. The van der Waals surface area contributed by atoms with Crippen LogP contribution in [-0.4, -0.2) is 35.7 Å². The van der Waals surface area contributed by atoms with E-state index in [0.29, 0.717) is 17.7 Å². The molecule has 2 unspecified atom stereocenters. The van der Waals surface area contributed by atoms with Gasteiger partial charge in [0, 0.05) is 28.7 Å². The SMILES string of the molecule is CC1=C(c2ccc(Cl)cc2)C(c2ccc(OCC(C)N3CC[C@@H](C)C3)cc2)Oc2ccc(O)cc21. The summed E-state index contributed by atoms with van der Waals surface area (Å²) in [5.74, 6) is 2.62. The predicted molar refractivity (Wildman–Crippen MR) is 142 cm³/mol. The van der Waals surface area contributed by atoms with Gasteiger partial charge in [0.1, 0.15) is 30.0 Å². The maximum absolute atomic E-state index is 10.1. The second kappa shape index (κ2) is 9.96. The molecular weight excluding hydrogens is 458 g/mol. The molecule has 0 saturated carbocycles. The van der Waals surface area contributed by atoms with Gasteiger partial charge in [0.2, 0.25) is 0 Å². The van der Waals surface area contributed by atoms with Gasteiger partial charge < -0.3 is 14.6 Å². The van der Waals surface area contributed by atoms with Crippen molar-refractivity contribution in [3.05, 3.63) is 88.4 Å². The lowest BCUT2D eigenvalue weighted by atomic mass is 9.86. The number of rotatable bonds is 6. The molecule has 1 N–H and O–H groups in total. The van der Waals surface area contributed by atoms with Gasteiger partial charge in [-0.15, -0.1) is 0 Å². The number of phenolic OH excluding ortho intramolecular Hbond substituents is 1. The molecule has 3 aromatic carbocycles. The highest BCUT2D eigenvalue weighted by atomic mass is 35.5. The minimum Gasteiger partial charge on any atom is -0.508 e. The van der Waals surface area contributed by atoms with Crippen LogP contribution in [0.4, 0.5) is 0 Å². The summed E-state index contributed by atoms with van der Waals surface area (Å²) in [6.07, 6.45) is 0.985. The van der Waals surface area contributed by atoms with Crippen molar-refractivity contribution in [3.8, 4) is 17.2 Å². The standard InChI is InChI=1S/C30H32ClNO3/c1-19-14-15-32(17-19)20(2)18-34-26-11-6-23(7-12-26)30-29(22-4-8-24(31)9-5-22)21(3)27-16-25(33)10-13-28(27)35-30/h4-13,16,19-20,30,33H,14-15,17-18H2,1-3H3/t19-,20?,30?/m1/s1. The quantitative estimate of drug-likeness (QED) is 0.397. The van der Waals surface area contributed by atoms with Crippen molar-refractivity contribution in [1.82, 2.24) is 4.90 Å². The molecule has 0 spiro atoms. The van der Waals surface area contributed by atoms with Crippen LogP contribution in [0.15, 0.2) is 66.7 Å². The van der Waals surface area contributed by atoms with Crippen LogP contribution < -0.4 is 9.47 Å². The number of likely N-dealkylation sites (tertiary alicyclic amines) is 1. The lowest BCUT2D eigenvalue weighted by Gasteiger charge is -2.31. The van der Waals surface area contributed by atoms with E-state index in [0.717, 1.165) is 58.3 Å². The van der Waals surface area contributed by atoms with Gasteiger partial charge in [0.25, 0.3) is 0 Å². The molecule has 3 atom stereocenters. The zero-order valence-corrected chi connectivity index (χ0v) is 21.3. The van der Waals surface area contributed by atoms with Gasteiger partial charge in [-0.1, -0.05) is 42.8 Å². The van der Waals surface area contributed by atoms with E-state index in [9.17, 15) is 5.11 Å². The Morgan fingerprint density at radius 3 is 2.51 bits per heavy atom. The number of aromatic hydroxyl groups is 1. The molecule has 1 saturated heterocycles. The topological polar surface area (TPSA) is 41.9 Å². The molecule has 0 aliphatic carbocycles. The van der Waals surface area contributed by atoms with Gasteiger partial charge >= 0.3 is 0 Å². The van der Waals surface area contributed by atoms with E-state index in [1.807, 2.05) is 42.5 Å². The van der Waals surface area contributed by atoms with Crippen LogP contribution in [0.3, 0.4) is 0 Å². The number of hydrogen-bond donors (Lipinski definition) is 1.